The van der Waals surface area contributed by atoms with E-state index in [1.165, 1.54) is 0 Å². The molecule has 0 aliphatic rings. The molecular formula is C10H10ClN. The fraction of sp³-hybridized carbons (Fsp3) is 0.100. The molecule has 0 bridgehead atoms. The highest BCUT2D eigenvalue weighted by molar-refractivity contribution is 6.30. The van der Waals surface area contributed by atoms with Crippen LogP contribution in [0.5, 0.6) is 0 Å². The van der Waals surface area contributed by atoms with Crippen molar-refractivity contribution in [3.63, 3.8) is 0 Å². The summed E-state index contributed by atoms with van der Waals surface area (Å²) in [6.45, 7) is 5.54. The van der Waals surface area contributed by atoms with E-state index >= 15 is 0 Å². The molecule has 12 heavy (non-hydrogen) atoms. The van der Waals surface area contributed by atoms with Gasteiger partial charge in [-0.3, -0.25) is 4.98 Å². The Morgan fingerprint density at radius 1 is 1.58 bits per heavy atom. The van der Waals surface area contributed by atoms with E-state index in [9.17, 15) is 0 Å². The van der Waals surface area contributed by atoms with Crippen LogP contribution in [0.4, 0.5) is 0 Å². The number of hydrogen-bond donors (Lipinski definition) is 0. The Balaban J connectivity index is 3.61. The van der Waals surface area contributed by atoms with E-state index in [-0.39, 0.29) is 0 Å². The van der Waals surface area contributed by atoms with Crippen LogP contribution in [-0.2, 0) is 0 Å². The fourth-order valence-electron chi connectivity index (χ4n) is 0.995. The van der Waals surface area contributed by atoms with E-state index in [4.69, 9.17) is 11.6 Å². The molecule has 0 aliphatic heterocycles. The highest BCUT2D eigenvalue weighted by Crippen LogP contribution is 1.94. The van der Waals surface area contributed by atoms with E-state index < -0.39 is 0 Å². The summed E-state index contributed by atoms with van der Waals surface area (Å²) in [6.07, 6.45) is 7.15. The summed E-state index contributed by atoms with van der Waals surface area (Å²) < 4.78 is 0. The second kappa shape index (κ2) is 4.07. The van der Waals surface area contributed by atoms with Crippen LogP contribution in [0.1, 0.15) is 6.92 Å². The summed E-state index contributed by atoms with van der Waals surface area (Å²) in [7, 11) is 0. The van der Waals surface area contributed by atoms with E-state index in [1.807, 2.05) is 19.1 Å². The van der Waals surface area contributed by atoms with E-state index in [0.29, 0.717) is 0 Å². The van der Waals surface area contributed by atoms with Crippen molar-refractivity contribution in [2.45, 2.75) is 6.92 Å². The molecule has 0 spiro atoms. The molecular weight excluding hydrogens is 170 g/mol. The van der Waals surface area contributed by atoms with Gasteiger partial charge in [-0.2, -0.15) is 0 Å². The first-order valence-corrected chi connectivity index (χ1v) is 4.07. The van der Waals surface area contributed by atoms with Crippen molar-refractivity contribution in [3.05, 3.63) is 40.5 Å². The highest BCUT2D eigenvalue weighted by Gasteiger charge is 1.90. The second-order valence-electron chi connectivity index (χ2n) is 2.28. The maximum Gasteiger partial charge on any atom is 0.0713 e. The van der Waals surface area contributed by atoms with Gasteiger partial charge in [-0.05, 0) is 19.1 Å². The number of pyridine rings is 1. The van der Waals surface area contributed by atoms with Crippen LogP contribution in [0, 0.1) is 0 Å². The quantitative estimate of drug-likeness (QED) is 0.637. The minimum absolute atomic E-state index is 0.723. The first kappa shape index (κ1) is 9.01. The van der Waals surface area contributed by atoms with Crippen molar-refractivity contribution >= 4 is 23.8 Å². The summed E-state index contributed by atoms with van der Waals surface area (Å²) in [5, 5.41) is 2.54. The fourth-order valence-corrected chi connectivity index (χ4v) is 1.26. The zero-order chi connectivity index (χ0) is 8.97. The first-order chi connectivity index (χ1) is 5.79. The highest BCUT2D eigenvalue weighted by atomic mass is 35.5. The maximum atomic E-state index is 5.94. The molecule has 62 valence electrons. The van der Waals surface area contributed by atoms with Crippen LogP contribution in [0.2, 0.25) is 5.02 Å². The number of nitrogens with zero attached hydrogens (tertiary/aromatic N) is 1. The van der Waals surface area contributed by atoms with Gasteiger partial charge in [-0.15, -0.1) is 0 Å². The van der Waals surface area contributed by atoms with Gasteiger partial charge in [-0.25, -0.2) is 0 Å². The molecule has 1 aromatic heterocycles. The monoisotopic (exact) mass is 179 g/mol. The topological polar surface area (TPSA) is 12.9 Å². The first-order valence-electron chi connectivity index (χ1n) is 3.69. The Bertz CT molecular complexity index is 393. The smallest absolute Gasteiger partial charge is 0.0713 e. The van der Waals surface area contributed by atoms with Gasteiger partial charge in [0.2, 0.25) is 0 Å². The standard InChI is InChI=1S/C10H10ClN/c1-3-5-10-8(4-2)9(11)6-7-12-10/h3-7H,1H2,2H3/b8-4-,10-5+. The molecule has 0 aromatic carbocycles. The molecule has 0 saturated heterocycles. The molecule has 0 unspecified atom stereocenters. The summed E-state index contributed by atoms with van der Waals surface area (Å²) in [5.41, 5.74) is 0. The van der Waals surface area contributed by atoms with Gasteiger partial charge in [0.15, 0.2) is 0 Å². The van der Waals surface area contributed by atoms with Crippen molar-refractivity contribution in [2.24, 2.45) is 0 Å². The van der Waals surface area contributed by atoms with Crippen LogP contribution < -0.4 is 10.6 Å². The number of allylic oxidation sites excluding steroid dienone is 1. The van der Waals surface area contributed by atoms with Gasteiger partial charge in [0.1, 0.15) is 0 Å². The number of rotatable bonds is 1. The molecule has 0 N–H and O–H groups in total. The van der Waals surface area contributed by atoms with Gasteiger partial charge in [0, 0.05) is 11.4 Å². The van der Waals surface area contributed by atoms with Gasteiger partial charge < -0.3 is 0 Å². The molecule has 2 heteroatoms. The van der Waals surface area contributed by atoms with Gasteiger partial charge in [-0.1, -0.05) is 30.3 Å². The molecule has 0 fully saturated rings. The van der Waals surface area contributed by atoms with Crippen molar-refractivity contribution in [1.29, 1.82) is 0 Å². The maximum absolute atomic E-state index is 5.94. The molecule has 1 rings (SSSR count). The summed E-state index contributed by atoms with van der Waals surface area (Å²) in [6, 6.07) is 1.78. The van der Waals surface area contributed by atoms with E-state index in [2.05, 4.69) is 11.6 Å². The van der Waals surface area contributed by atoms with Crippen LogP contribution in [0.25, 0.3) is 12.2 Å². The zero-order valence-electron chi connectivity index (χ0n) is 6.92. The van der Waals surface area contributed by atoms with Gasteiger partial charge in [0.25, 0.3) is 0 Å². The lowest BCUT2D eigenvalue weighted by molar-refractivity contribution is 1.22. The Morgan fingerprint density at radius 3 is 2.92 bits per heavy atom. The molecule has 0 aliphatic carbocycles. The van der Waals surface area contributed by atoms with Gasteiger partial charge >= 0.3 is 0 Å². The SMILES string of the molecule is C=C/C=c1/nccc(Cl)/c1=C/C. The van der Waals surface area contributed by atoms with Crippen molar-refractivity contribution in [3.8, 4) is 0 Å². The minimum Gasteiger partial charge on any atom is -0.256 e. The van der Waals surface area contributed by atoms with Crippen LogP contribution in [0.3, 0.4) is 0 Å². The predicted octanol–water partition coefficient (Wildman–Crippen LogP) is 1.50. The Labute approximate surface area is 76.7 Å². The summed E-state index contributed by atoms with van der Waals surface area (Å²) >= 11 is 5.94. The molecule has 1 heterocycles. The Kier molecular flexibility index (Phi) is 3.06. The third-order valence-corrected chi connectivity index (χ3v) is 1.86. The van der Waals surface area contributed by atoms with Crippen molar-refractivity contribution < 1.29 is 0 Å². The molecule has 0 saturated carbocycles. The predicted molar refractivity (Wildman–Crippen MR) is 53.3 cm³/mol. The normalized spacial score (nSPS) is 13.5. The number of hydrogen-bond acceptors (Lipinski definition) is 1. The van der Waals surface area contributed by atoms with Crippen LogP contribution in [-0.4, -0.2) is 4.98 Å². The average molecular weight is 180 g/mol. The molecule has 1 nitrogen and oxygen atoms in total. The lowest BCUT2D eigenvalue weighted by Gasteiger charge is -1.91. The molecule has 0 radical (unpaired) electrons. The zero-order valence-corrected chi connectivity index (χ0v) is 7.67. The van der Waals surface area contributed by atoms with Crippen LogP contribution >= 0.6 is 11.6 Å². The molecule has 1 aromatic rings. The van der Waals surface area contributed by atoms with Crippen molar-refractivity contribution in [2.75, 3.05) is 0 Å². The molecule has 0 atom stereocenters. The average Bonchev–Trinajstić information content (AvgIpc) is 2.05. The Morgan fingerprint density at radius 2 is 2.33 bits per heavy atom. The third kappa shape index (κ3) is 1.74. The largest absolute Gasteiger partial charge is 0.256 e. The van der Waals surface area contributed by atoms with Crippen molar-refractivity contribution in [1.82, 2.24) is 4.98 Å². The minimum atomic E-state index is 0.723. The number of halogens is 1. The lowest BCUT2D eigenvalue weighted by Crippen LogP contribution is -2.28. The van der Waals surface area contributed by atoms with E-state index in [1.54, 1.807) is 18.3 Å². The summed E-state index contributed by atoms with van der Waals surface area (Å²) in [4.78, 5) is 4.16. The second-order valence-corrected chi connectivity index (χ2v) is 2.69. The molecule has 0 amide bonds. The number of aromatic nitrogens is 1. The van der Waals surface area contributed by atoms with E-state index in [0.717, 1.165) is 15.6 Å². The Hall–Kier alpha value is -1.08. The third-order valence-electron chi connectivity index (χ3n) is 1.53. The van der Waals surface area contributed by atoms with Gasteiger partial charge in [0.05, 0.1) is 10.4 Å². The lowest BCUT2D eigenvalue weighted by atomic mass is 10.3. The summed E-state index contributed by atoms with van der Waals surface area (Å²) in [5.74, 6) is 0. The van der Waals surface area contributed by atoms with Crippen LogP contribution in [0.15, 0.2) is 24.9 Å².